The molecule has 17 heavy (non-hydrogen) atoms. The Labute approximate surface area is 95.9 Å². The van der Waals surface area contributed by atoms with Gasteiger partial charge in [0, 0.05) is 12.3 Å². The lowest BCUT2D eigenvalue weighted by Gasteiger charge is -2.05. The zero-order chi connectivity index (χ0) is 12.9. The van der Waals surface area contributed by atoms with Crippen molar-refractivity contribution >= 4 is 12.0 Å². The van der Waals surface area contributed by atoms with Crippen molar-refractivity contribution in [2.45, 2.75) is 13.1 Å². The second kappa shape index (κ2) is 5.47. The first-order valence-corrected chi connectivity index (χ1v) is 4.81. The molecule has 0 radical (unpaired) electrons. The van der Waals surface area contributed by atoms with Gasteiger partial charge in [0.25, 0.3) is 0 Å². The van der Waals surface area contributed by atoms with Crippen molar-refractivity contribution in [2.75, 3.05) is 6.61 Å². The molecule has 3 nitrogen and oxygen atoms in total. The van der Waals surface area contributed by atoms with E-state index in [0.29, 0.717) is 0 Å². The number of esters is 1. The van der Waals surface area contributed by atoms with Crippen molar-refractivity contribution in [1.82, 2.24) is 4.98 Å². The van der Waals surface area contributed by atoms with E-state index in [2.05, 4.69) is 9.72 Å². The average molecular weight is 245 g/mol. The number of ether oxygens (including phenoxy) is 1. The van der Waals surface area contributed by atoms with Gasteiger partial charge in [0.1, 0.15) is 0 Å². The Morgan fingerprint density at radius 1 is 1.53 bits per heavy atom. The molecule has 6 heteroatoms. The van der Waals surface area contributed by atoms with Crippen LogP contribution in [-0.4, -0.2) is 17.6 Å². The lowest BCUT2D eigenvalue weighted by atomic mass is 10.2. The highest BCUT2D eigenvalue weighted by Crippen LogP contribution is 2.29. The van der Waals surface area contributed by atoms with Crippen LogP contribution in [0.25, 0.3) is 6.08 Å². The minimum Gasteiger partial charge on any atom is -0.463 e. The third-order valence-electron chi connectivity index (χ3n) is 1.79. The molecule has 0 bridgehead atoms. The number of carbonyl (C=O) groups is 1. The lowest BCUT2D eigenvalue weighted by molar-refractivity contribution is -0.138. The molecule has 1 heterocycles. The molecule has 1 aromatic rings. The van der Waals surface area contributed by atoms with Crippen LogP contribution in [-0.2, 0) is 15.7 Å². The van der Waals surface area contributed by atoms with E-state index in [1.807, 2.05) is 0 Å². The molecule has 0 amide bonds. The molecule has 0 fully saturated rings. The van der Waals surface area contributed by atoms with Gasteiger partial charge >= 0.3 is 12.1 Å². The first-order chi connectivity index (χ1) is 7.93. The molecule has 0 aromatic carbocycles. The van der Waals surface area contributed by atoms with Gasteiger partial charge in [-0.1, -0.05) is 0 Å². The van der Waals surface area contributed by atoms with Gasteiger partial charge in [-0.15, -0.1) is 0 Å². The zero-order valence-electron chi connectivity index (χ0n) is 8.99. The van der Waals surface area contributed by atoms with Crippen molar-refractivity contribution in [1.29, 1.82) is 0 Å². The zero-order valence-corrected chi connectivity index (χ0v) is 8.99. The number of alkyl halides is 3. The fourth-order valence-electron chi connectivity index (χ4n) is 1.06. The minimum atomic E-state index is -4.42. The van der Waals surface area contributed by atoms with Crippen LogP contribution in [0.5, 0.6) is 0 Å². The van der Waals surface area contributed by atoms with Gasteiger partial charge in [0.05, 0.1) is 17.9 Å². The molecule has 1 rings (SSSR count). The van der Waals surface area contributed by atoms with Crippen molar-refractivity contribution in [3.05, 3.63) is 35.7 Å². The van der Waals surface area contributed by atoms with Crippen LogP contribution in [0.4, 0.5) is 13.2 Å². The van der Waals surface area contributed by atoms with Gasteiger partial charge in [-0.25, -0.2) is 4.79 Å². The monoisotopic (exact) mass is 245 g/mol. The molecular weight excluding hydrogens is 235 g/mol. The van der Waals surface area contributed by atoms with Crippen LogP contribution in [0.3, 0.4) is 0 Å². The number of pyridine rings is 1. The van der Waals surface area contributed by atoms with Crippen molar-refractivity contribution in [3.8, 4) is 0 Å². The Balaban J connectivity index is 2.83. The summed E-state index contributed by atoms with van der Waals surface area (Å²) in [5.74, 6) is -0.619. The van der Waals surface area contributed by atoms with E-state index >= 15 is 0 Å². The van der Waals surface area contributed by atoms with E-state index in [1.165, 1.54) is 6.08 Å². The molecule has 0 N–H and O–H groups in total. The van der Waals surface area contributed by atoms with Crippen LogP contribution in [0, 0.1) is 0 Å². The third kappa shape index (κ3) is 4.26. The Morgan fingerprint density at radius 2 is 2.24 bits per heavy atom. The van der Waals surface area contributed by atoms with Gasteiger partial charge in [-0.05, 0) is 25.1 Å². The molecule has 0 atom stereocenters. The van der Waals surface area contributed by atoms with E-state index < -0.39 is 17.7 Å². The van der Waals surface area contributed by atoms with Crippen molar-refractivity contribution < 1.29 is 22.7 Å². The first-order valence-electron chi connectivity index (χ1n) is 4.81. The predicted molar refractivity (Wildman–Crippen MR) is 54.9 cm³/mol. The number of nitrogens with zero attached hydrogens (tertiary/aromatic N) is 1. The number of halogens is 3. The van der Waals surface area contributed by atoms with Crippen molar-refractivity contribution in [2.24, 2.45) is 0 Å². The maximum Gasteiger partial charge on any atom is 0.416 e. The number of hydrogen-bond donors (Lipinski definition) is 0. The number of hydrogen-bond acceptors (Lipinski definition) is 3. The van der Waals surface area contributed by atoms with Gasteiger partial charge in [0.2, 0.25) is 0 Å². The molecule has 0 saturated heterocycles. The Kier molecular flexibility index (Phi) is 4.25. The van der Waals surface area contributed by atoms with Crippen LogP contribution >= 0.6 is 0 Å². The van der Waals surface area contributed by atoms with Gasteiger partial charge in [-0.3, -0.25) is 4.98 Å². The normalized spacial score (nSPS) is 11.8. The second-order valence-corrected chi connectivity index (χ2v) is 3.05. The molecular formula is C11H10F3NO2. The Hall–Kier alpha value is -1.85. The molecule has 0 aliphatic rings. The standard InChI is InChI=1S/C11H10F3NO2/c1-2-17-10(16)4-3-9-7-8(5-6-15-9)11(12,13)14/h3-7H,2H2,1H3. The maximum absolute atomic E-state index is 12.3. The Morgan fingerprint density at radius 3 is 2.82 bits per heavy atom. The van der Waals surface area contributed by atoms with Crippen LogP contribution in [0.2, 0.25) is 0 Å². The third-order valence-corrected chi connectivity index (χ3v) is 1.79. The van der Waals surface area contributed by atoms with E-state index in [1.54, 1.807) is 6.92 Å². The smallest absolute Gasteiger partial charge is 0.416 e. The fourth-order valence-corrected chi connectivity index (χ4v) is 1.06. The summed E-state index contributed by atoms with van der Waals surface area (Å²) < 4.78 is 41.6. The number of carbonyl (C=O) groups excluding carboxylic acids is 1. The summed E-state index contributed by atoms with van der Waals surface area (Å²) in [6.07, 6.45) is -1.18. The summed E-state index contributed by atoms with van der Waals surface area (Å²) in [5, 5.41) is 0. The quantitative estimate of drug-likeness (QED) is 0.607. The minimum absolute atomic E-state index is 0.0490. The Bertz CT molecular complexity index is 427. The molecule has 0 spiro atoms. The van der Waals surface area contributed by atoms with Crippen molar-refractivity contribution in [3.63, 3.8) is 0 Å². The SMILES string of the molecule is CCOC(=O)C=Cc1cc(C(F)(F)F)ccn1. The topological polar surface area (TPSA) is 39.2 Å². The predicted octanol–water partition coefficient (Wildman–Crippen LogP) is 2.68. The molecule has 0 saturated carbocycles. The van der Waals surface area contributed by atoms with Crippen LogP contribution in [0.1, 0.15) is 18.2 Å². The highest BCUT2D eigenvalue weighted by Gasteiger charge is 2.30. The number of aromatic nitrogens is 1. The molecule has 92 valence electrons. The maximum atomic E-state index is 12.3. The van der Waals surface area contributed by atoms with E-state index in [9.17, 15) is 18.0 Å². The average Bonchev–Trinajstić information content (AvgIpc) is 2.26. The summed E-state index contributed by atoms with van der Waals surface area (Å²) in [5.41, 5.74) is -0.760. The largest absolute Gasteiger partial charge is 0.463 e. The summed E-state index contributed by atoms with van der Waals surface area (Å²) in [7, 11) is 0. The molecule has 0 aliphatic carbocycles. The second-order valence-electron chi connectivity index (χ2n) is 3.05. The van der Waals surface area contributed by atoms with Crippen LogP contribution in [0.15, 0.2) is 24.4 Å². The lowest BCUT2D eigenvalue weighted by Crippen LogP contribution is -2.05. The molecule has 0 unspecified atom stereocenters. The van der Waals surface area contributed by atoms with Crippen LogP contribution < -0.4 is 0 Å². The van der Waals surface area contributed by atoms with Gasteiger partial charge in [-0.2, -0.15) is 13.2 Å². The van der Waals surface area contributed by atoms with E-state index in [-0.39, 0.29) is 12.3 Å². The molecule has 0 aliphatic heterocycles. The van der Waals surface area contributed by atoms with Gasteiger partial charge < -0.3 is 4.74 Å². The van der Waals surface area contributed by atoms with E-state index in [0.717, 1.165) is 24.4 Å². The molecule has 1 aromatic heterocycles. The fraction of sp³-hybridized carbons (Fsp3) is 0.273. The highest BCUT2D eigenvalue weighted by molar-refractivity contribution is 5.86. The summed E-state index contributed by atoms with van der Waals surface area (Å²) in [4.78, 5) is 14.6. The first kappa shape index (κ1) is 13.2. The highest BCUT2D eigenvalue weighted by atomic mass is 19.4. The van der Waals surface area contributed by atoms with E-state index in [4.69, 9.17) is 0 Å². The number of rotatable bonds is 3. The summed E-state index contributed by atoms with van der Waals surface area (Å²) in [6, 6.07) is 1.72. The van der Waals surface area contributed by atoms with Gasteiger partial charge in [0.15, 0.2) is 0 Å². The summed E-state index contributed by atoms with van der Waals surface area (Å²) in [6.45, 7) is 1.84. The summed E-state index contributed by atoms with van der Waals surface area (Å²) >= 11 is 0.